The van der Waals surface area contributed by atoms with Crippen molar-refractivity contribution in [2.24, 2.45) is 4.99 Å². The second-order valence-corrected chi connectivity index (χ2v) is 8.67. The van der Waals surface area contributed by atoms with E-state index in [1.807, 2.05) is 31.2 Å². The third kappa shape index (κ3) is 11.2. The number of amides is 1. The lowest BCUT2D eigenvalue weighted by molar-refractivity contribution is -0.118. The largest absolute Gasteiger partial charge is 0.490 e. The minimum Gasteiger partial charge on any atom is -0.490 e. The Kier molecular flexibility index (Phi) is 13.0. The number of aliphatic imine (C=N–C) groups is 1. The minimum atomic E-state index is 0.00684. The van der Waals surface area contributed by atoms with E-state index in [1.165, 1.54) is 37.9 Å². The number of amidine groups is 1. The summed E-state index contributed by atoms with van der Waals surface area (Å²) < 4.78 is 5.82. The van der Waals surface area contributed by atoms with E-state index in [4.69, 9.17) is 10.00 Å². The summed E-state index contributed by atoms with van der Waals surface area (Å²) in [5, 5.41) is 14.5. The van der Waals surface area contributed by atoms with Gasteiger partial charge in [0.1, 0.15) is 18.2 Å². The summed E-state index contributed by atoms with van der Waals surface area (Å²) in [6.45, 7) is 6.95. The highest BCUT2D eigenvalue weighted by Crippen LogP contribution is 2.17. The summed E-state index contributed by atoms with van der Waals surface area (Å²) in [6, 6.07) is 8.30. The number of likely N-dealkylation sites (tertiary alicyclic amines) is 1. The molecule has 2 rings (SSSR count). The van der Waals surface area contributed by atoms with Gasteiger partial charge in [0, 0.05) is 31.8 Å². The number of carbonyl (C=O) groups excluding carboxylic acids is 1. The number of nitrogens with one attached hydrogen (secondary N) is 2. The molecule has 0 spiro atoms. The van der Waals surface area contributed by atoms with Crippen molar-refractivity contribution in [3.8, 4) is 11.9 Å². The molecule has 1 saturated heterocycles. The molecule has 1 heterocycles. The van der Waals surface area contributed by atoms with E-state index in [9.17, 15) is 4.79 Å². The number of rotatable bonds is 13. The van der Waals surface area contributed by atoms with Gasteiger partial charge in [-0.2, -0.15) is 22.0 Å². The van der Waals surface area contributed by atoms with E-state index < -0.39 is 0 Å². The van der Waals surface area contributed by atoms with Crippen LogP contribution < -0.4 is 15.4 Å². The van der Waals surface area contributed by atoms with Crippen molar-refractivity contribution in [3.05, 3.63) is 42.0 Å². The van der Waals surface area contributed by atoms with Crippen LogP contribution in [0.4, 0.5) is 0 Å². The lowest BCUT2D eigenvalue weighted by Crippen LogP contribution is -2.29. The molecule has 1 aliphatic rings. The Morgan fingerprint density at radius 2 is 2.12 bits per heavy atom. The molecule has 1 fully saturated rings. The summed E-state index contributed by atoms with van der Waals surface area (Å²) in [7, 11) is 0. The van der Waals surface area contributed by atoms with Gasteiger partial charge in [-0.05, 0) is 49.7 Å². The van der Waals surface area contributed by atoms with Crippen LogP contribution in [0.1, 0.15) is 38.2 Å². The average molecular weight is 458 g/mol. The van der Waals surface area contributed by atoms with Gasteiger partial charge in [-0.15, -0.1) is 0 Å². The van der Waals surface area contributed by atoms with E-state index >= 15 is 0 Å². The van der Waals surface area contributed by atoms with Crippen LogP contribution in [0.3, 0.4) is 0 Å². The highest BCUT2D eigenvalue weighted by Gasteiger charge is 2.10. The molecule has 1 aromatic rings. The Morgan fingerprint density at radius 1 is 1.28 bits per heavy atom. The van der Waals surface area contributed by atoms with Gasteiger partial charge in [0.05, 0.1) is 5.75 Å². The van der Waals surface area contributed by atoms with Gasteiger partial charge in [0.25, 0.3) is 0 Å². The second kappa shape index (κ2) is 16.2. The molecule has 0 unspecified atom stereocenters. The fourth-order valence-electron chi connectivity index (χ4n) is 3.37. The molecular weight excluding hydrogens is 422 g/mol. The van der Waals surface area contributed by atoms with Crippen LogP contribution in [0.25, 0.3) is 0 Å². The van der Waals surface area contributed by atoms with Gasteiger partial charge < -0.3 is 15.4 Å². The topological polar surface area (TPSA) is 89.8 Å². The molecule has 0 aliphatic carbocycles. The molecule has 32 heavy (non-hydrogen) atoms. The maximum absolute atomic E-state index is 11.9. The zero-order valence-corrected chi connectivity index (χ0v) is 19.8. The van der Waals surface area contributed by atoms with Gasteiger partial charge in [-0.1, -0.05) is 31.6 Å². The van der Waals surface area contributed by atoms with Crippen LogP contribution in [-0.4, -0.2) is 60.9 Å². The van der Waals surface area contributed by atoms with E-state index in [-0.39, 0.29) is 5.91 Å². The Hall–Kier alpha value is -2.50. The first-order valence-corrected chi connectivity index (χ1v) is 12.5. The fraction of sp³-hybridized carbons (Fsp3) is 0.542. The van der Waals surface area contributed by atoms with Gasteiger partial charge in [0.15, 0.2) is 0 Å². The van der Waals surface area contributed by atoms with Crippen molar-refractivity contribution >= 4 is 23.5 Å². The first kappa shape index (κ1) is 25.8. The van der Waals surface area contributed by atoms with Crippen molar-refractivity contribution < 1.29 is 9.53 Å². The molecule has 1 aliphatic heterocycles. The molecule has 2 N–H and O–H groups in total. The smallest absolute Gasteiger partial charge is 0.230 e. The molecule has 0 atom stereocenters. The number of benzene rings is 1. The van der Waals surface area contributed by atoms with Gasteiger partial charge in [-0.3, -0.25) is 9.69 Å². The second-order valence-electron chi connectivity index (χ2n) is 7.56. The lowest BCUT2D eigenvalue weighted by atomic mass is 10.1. The quantitative estimate of drug-likeness (QED) is 0.155. The number of carbonyl (C=O) groups is 1. The number of ether oxygens (including phenoxy) is 1. The Labute approximate surface area is 196 Å². The Morgan fingerprint density at radius 3 is 2.91 bits per heavy atom. The van der Waals surface area contributed by atoms with Crippen molar-refractivity contribution in [1.29, 1.82) is 5.26 Å². The zero-order chi connectivity index (χ0) is 22.9. The number of hydrogen-bond donors (Lipinski definition) is 2. The molecule has 0 bridgehead atoms. The third-order valence-electron chi connectivity index (χ3n) is 5.01. The third-order valence-corrected chi connectivity index (χ3v) is 5.97. The summed E-state index contributed by atoms with van der Waals surface area (Å²) in [6.07, 6.45) is 10.3. The highest BCUT2D eigenvalue weighted by molar-refractivity contribution is 7.99. The zero-order valence-electron chi connectivity index (χ0n) is 19.0. The normalized spacial score (nSPS) is 14.8. The molecule has 7 nitrogen and oxygen atoms in total. The van der Waals surface area contributed by atoms with E-state index in [1.54, 1.807) is 18.0 Å². The summed E-state index contributed by atoms with van der Waals surface area (Å²) in [5.74, 6) is 2.75. The minimum absolute atomic E-state index is 0.00684. The Bertz CT molecular complexity index is 785. The van der Waals surface area contributed by atoms with Crippen molar-refractivity contribution in [2.45, 2.75) is 39.2 Å². The van der Waals surface area contributed by atoms with Crippen molar-refractivity contribution in [2.75, 3.05) is 44.3 Å². The number of nitrogens with zero attached hydrogens (tertiary/aromatic N) is 3. The molecule has 174 valence electrons. The van der Waals surface area contributed by atoms with Gasteiger partial charge in [0.2, 0.25) is 12.1 Å². The number of thioether (sulfide) groups is 1. The van der Waals surface area contributed by atoms with Crippen molar-refractivity contribution in [1.82, 2.24) is 15.5 Å². The van der Waals surface area contributed by atoms with Crippen LogP contribution >= 0.6 is 11.8 Å². The first-order chi connectivity index (χ1) is 15.7. The maximum atomic E-state index is 11.9. The molecule has 8 heteroatoms. The monoisotopic (exact) mass is 457 g/mol. The van der Waals surface area contributed by atoms with Crippen molar-refractivity contribution in [3.63, 3.8) is 0 Å². The summed E-state index contributed by atoms with van der Waals surface area (Å²) in [5.41, 5.74) is 1.29. The lowest BCUT2D eigenvalue weighted by Gasteiger charge is -2.26. The van der Waals surface area contributed by atoms with E-state index in [2.05, 4.69) is 32.7 Å². The molecule has 1 aromatic carbocycles. The van der Waals surface area contributed by atoms with Crippen LogP contribution in [0.5, 0.6) is 5.75 Å². The maximum Gasteiger partial charge on any atom is 0.230 e. The summed E-state index contributed by atoms with van der Waals surface area (Å²) in [4.78, 5) is 18.1. The fourth-order valence-corrected chi connectivity index (χ4v) is 4.04. The van der Waals surface area contributed by atoms with Gasteiger partial charge in [-0.25, -0.2) is 0 Å². The first-order valence-electron chi connectivity index (χ1n) is 11.3. The van der Waals surface area contributed by atoms with Crippen LogP contribution in [0, 0.1) is 11.5 Å². The standard InChI is InChI=1S/C24H35N5O2S/c1-2-23(28-20-25)26-12-16-32-19-24(30)27-11-4-7-15-31-22-10-8-9-21(17-22)18-29-13-5-3-6-14-29/h4,7-10,17H,2-3,5-6,11-16,18-19H2,1H3,(H,26,28)(H,27,30). The molecule has 0 radical (unpaired) electrons. The van der Waals surface area contributed by atoms with E-state index in [0.717, 1.165) is 18.0 Å². The molecule has 0 aromatic heterocycles. The Balaban J connectivity index is 1.54. The van der Waals surface area contributed by atoms with Crippen LogP contribution in [-0.2, 0) is 11.3 Å². The van der Waals surface area contributed by atoms with Crippen LogP contribution in [0.15, 0.2) is 41.4 Å². The number of hydrogen-bond acceptors (Lipinski definition) is 6. The molecular formula is C24H35N5O2S. The SMILES string of the molecule is CCC(=NC#N)NCCSCC(=O)NCC=CCOc1cccc(CN2CCCCC2)c1. The van der Waals surface area contributed by atoms with E-state index in [0.29, 0.717) is 37.7 Å². The predicted molar refractivity (Wildman–Crippen MR) is 132 cm³/mol. The predicted octanol–water partition coefficient (Wildman–Crippen LogP) is 3.34. The number of piperidine rings is 1. The number of nitriles is 1. The average Bonchev–Trinajstić information content (AvgIpc) is 2.81. The molecule has 1 amide bonds. The molecule has 0 saturated carbocycles. The summed E-state index contributed by atoms with van der Waals surface area (Å²) >= 11 is 1.55. The van der Waals surface area contributed by atoms with Crippen LogP contribution in [0.2, 0.25) is 0 Å². The van der Waals surface area contributed by atoms with Gasteiger partial charge >= 0.3 is 0 Å². The highest BCUT2D eigenvalue weighted by atomic mass is 32.2.